The van der Waals surface area contributed by atoms with Crippen molar-refractivity contribution < 1.29 is 0 Å². The van der Waals surface area contributed by atoms with Crippen molar-refractivity contribution in [2.45, 2.75) is 76.5 Å². The van der Waals surface area contributed by atoms with Crippen LogP contribution in [0.2, 0.25) is 0 Å². The lowest BCUT2D eigenvalue weighted by atomic mass is 9.79. The molecule has 1 aromatic heterocycles. The molecule has 0 saturated heterocycles. The number of hydrogen-bond acceptors (Lipinski definition) is 0. The Morgan fingerprint density at radius 2 is 1.65 bits per heavy atom. The summed E-state index contributed by atoms with van der Waals surface area (Å²) in [5, 5.41) is 0. The van der Waals surface area contributed by atoms with Crippen molar-refractivity contribution in [3.63, 3.8) is 0 Å². The zero-order chi connectivity index (χ0) is 11.7. The van der Waals surface area contributed by atoms with E-state index in [0.29, 0.717) is 5.41 Å². The predicted octanol–water partition coefficient (Wildman–Crippen LogP) is 4.51. The van der Waals surface area contributed by atoms with Crippen molar-refractivity contribution in [3.8, 4) is 0 Å². The molecule has 0 atom stereocenters. The van der Waals surface area contributed by atoms with E-state index < -0.39 is 0 Å². The monoisotopic (exact) mass is 231 g/mol. The van der Waals surface area contributed by atoms with Crippen molar-refractivity contribution in [1.82, 2.24) is 4.98 Å². The van der Waals surface area contributed by atoms with Gasteiger partial charge in [0.1, 0.15) is 0 Å². The van der Waals surface area contributed by atoms with Gasteiger partial charge in [-0.2, -0.15) is 0 Å². The highest BCUT2D eigenvalue weighted by Crippen LogP contribution is 2.39. The number of aromatic amines is 1. The highest BCUT2D eigenvalue weighted by atomic mass is 14.8. The molecular formula is C16H25N. The van der Waals surface area contributed by atoms with Gasteiger partial charge in [0.15, 0.2) is 0 Å². The van der Waals surface area contributed by atoms with Crippen LogP contribution in [0.15, 0.2) is 6.07 Å². The number of fused-ring (bicyclic) bond motifs is 1. The lowest BCUT2D eigenvalue weighted by Crippen LogP contribution is -2.21. The molecular weight excluding hydrogens is 206 g/mol. The second-order valence-corrected chi connectivity index (χ2v) is 6.37. The zero-order valence-corrected chi connectivity index (χ0v) is 11.1. The Bertz CT molecular complexity index is 357. The molecule has 0 unspecified atom stereocenters. The van der Waals surface area contributed by atoms with Crippen molar-refractivity contribution in [2.24, 2.45) is 0 Å². The van der Waals surface area contributed by atoms with Gasteiger partial charge in [0.2, 0.25) is 0 Å². The fraction of sp³-hybridized carbons (Fsp3) is 0.750. The van der Waals surface area contributed by atoms with Crippen LogP contribution in [0, 0.1) is 0 Å². The third kappa shape index (κ3) is 2.17. The van der Waals surface area contributed by atoms with E-state index in [1.807, 2.05) is 0 Å². The summed E-state index contributed by atoms with van der Waals surface area (Å²) in [6.45, 7) is 2.48. The molecule has 1 aromatic rings. The topological polar surface area (TPSA) is 15.8 Å². The second kappa shape index (κ2) is 4.51. The molecule has 2 aliphatic rings. The quantitative estimate of drug-likeness (QED) is 0.685. The van der Waals surface area contributed by atoms with Gasteiger partial charge in [-0.1, -0.05) is 32.6 Å². The highest BCUT2D eigenvalue weighted by molar-refractivity contribution is 5.32. The van der Waals surface area contributed by atoms with Crippen LogP contribution in [0.3, 0.4) is 0 Å². The molecule has 0 aliphatic heterocycles. The van der Waals surface area contributed by atoms with Gasteiger partial charge < -0.3 is 4.98 Å². The Morgan fingerprint density at radius 1 is 0.941 bits per heavy atom. The van der Waals surface area contributed by atoms with E-state index in [1.165, 1.54) is 64.2 Å². The Hall–Kier alpha value is -0.720. The molecule has 0 radical (unpaired) electrons. The van der Waals surface area contributed by atoms with Gasteiger partial charge in [0, 0.05) is 16.8 Å². The first-order valence-electron chi connectivity index (χ1n) is 7.49. The van der Waals surface area contributed by atoms with Crippen LogP contribution in [0.25, 0.3) is 0 Å². The summed E-state index contributed by atoms with van der Waals surface area (Å²) >= 11 is 0. The van der Waals surface area contributed by atoms with E-state index in [-0.39, 0.29) is 0 Å². The maximum atomic E-state index is 3.77. The van der Waals surface area contributed by atoms with E-state index >= 15 is 0 Å². The van der Waals surface area contributed by atoms with Crippen molar-refractivity contribution in [1.29, 1.82) is 0 Å². The SMILES string of the molecule is CC1(c2cc3c([nH]2)CCCC3)CCCCCC1. The molecule has 94 valence electrons. The number of aromatic nitrogens is 1. The number of H-pyrrole nitrogens is 1. The first-order chi connectivity index (χ1) is 8.28. The first-order valence-corrected chi connectivity index (χ1v) is 7.49. The van der Waals surface area contributed by atoms with Crippen LogP contribution in [-0.2, 0) is 18.3 Å². The molecule has 0 bridgehead atoms. The number of nitrogens with one attached hydrogen (secondary N) is 1. The van der Waals surface area contributed by atoms with E-state index in [1.54, 1.807) is 17.0 Å². The lowest BCUT2D eigenvalue weighted by Gasteiger charge is -2.27. The lowest BCUT2D eigenvalue weighted by molar-refractivity contribution is 0.399. The zero-order valence-electron chi connectivity index (χ0n) is 11.1. The van der Waals surface area contributed by atoms with E-state index in [9.17, 15) is 0 Å². The molecule has 0 spiro atoms. The summed E-state index contributed by atoms with van der Waals surface area (Å²) in [5.74, 6) is 0. The summed E-state index contributed by atoms with van der Waals surface area (Å²) in [5.41, 5.74) is 5.16. The van der Waals surface area contributed by atoms with Gasteiger partial charge in [-0.15, -0.1) is 0 Å². The molecule has 1 heteroatoms. The maximum absolute atomic E-state index is 3.77. The Balaban J connectivity index is 1.88. The van der Waals surface area contributed by atoms with Crippen LogP contribution in [0.1, 0.15) is 75.2 Å². The van der Waals surface area contributed by atoms with E-state index in [4.69, 9.17) is 0 Å². The van der Waals surface area contributed by atoms with Crippen LogP contribution in [-0.4, -0.2) is 4.98 Å². The molecule has 1 N–H and O–H groups in total. The molecule has 1 fully saturated rings. The molecule has 3 rings (SSSR count). The molecule has 1 saturated carbocycles. The third-order valence-corrected chi connectivity index (χ3v) is 4.97. The largest absolute Gasteiger partial charge is 0.362 e. The summed E-state index contributed by atoms with van der Waals surface area (Å²) in [7, 11) is 0. The number of hydrogen-bond donors (Lipinski definition) is 1. The highest BCUT2D eigenvalue weighted by Gasteiger charge is 2.30. The standard InChI is InChI=1S/C16H25N/c1-16(10-6-2-3-7-11-16)15-12-13-8-4-5-9-14(13)17-15/h12,17H,2-11H2,1H3. The van der Waals surface area contributed by atoms with Gasteiger partial charge >= 0.3 is 0 Å². The average molecular weight is 231 g/mol. The summed E-state index contributed by atoms with van der Waals surface area (Å²) < 4.78 is 0. The van der Waals surface area contributed by atoms with E-state index in [2.05, 4.69) is 18.0 Å². The third-order valence-electron chi connectivity index (χ3n) is 4.97. The smallest absolute Gasteiger partial charge is 0.0212 e. The number of rotatable bonds is 1. The first kappa shape index (κ1) is 11.4. The molecule has 1 nitrogen and oxygen atoms in total. The van der Waals surface area contributed by atoms with Crippen molar-refractivity contribution in [3.05, 3.63) is 23.0 Å². The van der Waals surface area contributed by atoms with Crippen LogP contribution in [0.5, 0.6) is 0 Å². The second-order valence-electron chi connectivity index (χ2n) is 6.37. The van der Waals surface area contributed by atoms with Gasteiger partial charge in [-0.05, 0) is 50.2 Å². The summed E-state index contributed by atoms with van der Waals surface area (Å²) in [6, 6.07) is 2.50. The summed E-state index contributed by atoms with van der Waals surface area (Å²) in [6.07, 6.45) is 13.8. The van der Waals surface area contributed by atoms with Gasteiger partial charge in [0.05, 0.1) is 0 Å². The van der Waals surface area contributed by atoms with Gasteiger partial charge in [0.25, 0.3) is 0 Å². The van der Waals surface area contributed by atoms with Crippen molar-refractivity contribution >= 4 is 0 Å². The Morgan fingerprint density at radius 3 is 2.35 bits per heavy atom. The molecule has 17 heavy (non-hydrogen) atoms. The van der Waals surface area contributed by atoms with Gasteiger partial charge in [-0.3, -0.25) is 0 Å². The Labute approximate surface area is 105 Å². The minimum absolute atomic E-state index is 0.438. The van der Waals surface area contributed by atoms with Crippen molar-refractivity contribution in [2.75, 3.05) is 0 Å². The predicted molar refractivity (Wildman–Crippen MR) is 72.5 cm³/mol. The maximum Gasteiger partial charge on any atom is 0.0212 e. The minimum Gasteiger partial charge on any atom is -0.362 e. The molecule has 0 amide bonds. The minimum atomic E-state index is 0.438. The fourth-order valence-electron chi connectivity index (χ4n) is 3.71. The fourth-order valence-corrected chi connectivity index (χ4v) is 3.71. The molecule has 2 aliphatic carbocycles. The average Bonchev–Trinajstić information content (AvgIpc) is 2.66. The molecule has 0 aromatic carbocycles. The van der Waals surface area contributed by atoms with Crippen LogP contribution >= 0.6 is 0 Å². The van der Waals surface area contributed by atoms with Crippen LogP contribution < -0.4 is 0 Å². The van der Waals surface area contributed by atoms with Crippen LogP contribution in [0.4, 0.5) is 0 Å². The summed E-state index contributed by atoms with van der Waals surface area (Å²) in [4.78, 5) is 3.77. The van der Waals surface area contributed by atoms with Gasteiger partial charge in [-0.25, -0.2) is 0 Å². The normalized spacial score (nSPS) is 24.1. The Kier molecular flexibility index (Phi) is 3.02. The molecule has 1 heterocycles. The number of aryl methyl sites for hydroxylation is 2. The van der Waals surface area contributed by atoms with E-state index in [0.717, 1.165) is 0 Å².